The molecule has 0 saturated carbocycles. The Labute approximate surface area is 199 Å². The van der Waals surface area contributed by atoms with E-state index in [4.69, 9.17) is 14.6 Å². The number of hydrogen-bond acceptors (Lipinski definition) is 4. The highest BCUT2D eigenvalue weighted by molar-refractivity contribution is 9.11. The lowest BCUT2D eigenvalue weighted by Crippen LogP contribution is -2.18. The number of rotatable bonds is 6. The minimum Gasteiger partial charge on any atom is -0.497 e. The lowest BCUT2D eigenvalue weighted by atomic mass is 10.0. The van der Waals surface area contributed by atoms with E-state index in [1.165, 1.54) is 5.56 Å². The number of ether oxygens (including phenoxy) is 2. The van der Waals surface area contributed by atoms with Crippen molar-refractivity contribution in [1.29, 1.82) is 0 Å². The Balaban J connectivity index is 1.65. The molecule has 0 radical (unpaired) electrons. The van der Waals surface area contributed by atoms with Crippen LogP contribution < -0.4 is 14.5 Å². The van der Waals surface area contributed by atoms with Gasteiger partial charge in [0.2, 0.25) is 0 Å². The third-order valence-electron chi connectivity index (χ3n) is 5.17. The van der Waals surface area contributed by atoms with Gasteiger partial charge in [-0.2, -0.15) is 5.10 Å². The molecule has 0 aromatic heterocycles. The Morgan fingerprint density at radius 1 is 0.871 bits per heavy atom. The van der Waals surface area contributed by atoms with Crippen molar-refractivity contribution in [3.8, 4) is 11.5 Å². The van der Waals surface area contributed by atoms with E-state index in [1.54, 1.807) is 14.2 Å². The molecule has 1 heterocycles. The minimum atomic E-state index is 0.0962. The highest BCUT2D eigenvalue weighted by Gasteiger charge is 2.29. The van der Waals surface area contributed by atoms with E-state index >= 15 is 0 Å². The normalized spacial score (nSPS) is 15.9. The number of nitrogens with zero attached hydrogens (tertiary/aromatic N) is 2. The first-order valence-electron chi connectivity index (χ1n) is 9.85. The monoisotopic (exact) mass is 540 g/mol. The Kier molecular flexibility index (Phi) is 6.78. The molecule has 4 rings (SSSR count). The zero-order chi connectivity index (χ0) is 21.8. The molecule has 0 fully saturated rings. The van der Waals surface area contributed by atoms with Gasteiger partial charge in [-0.1, -0.05) is 46.3 Å². The Bertz CT molecular complexity index is 1110. The molecule has 1 unspecified atom stereocenters. The maximum Gasteiger partial charge on any atom is 0.118 e. The van der Waals surface area contributed by atoms with Crippen molar-refractivity contribution >= 4 is 49.3 Å². The fraction of sp³-hybridized carbons (Fsp3) is 0.160. The van der Waals surface area contributed by atoms with E-state index in [-0.39, 0.29) is 6.04 Å². The molecule has 158 valence electrons. The molecule has 6 heteroatoms. The van der Waals surface area contributed by atoms with Crippen molar-refractivity contribution in [2.75, 3.05) is 19.2 Å². The standard InChI is InChI=1S/C25H22Br2N2O2/c1-30-21-10-4-17(5-11-21)3-9-20-16-25(18-6-12-22(31-2)13-7-18)29(28-20)24-14-8-19(26)15-23(24)27/h3-15,25H,16H2,1-2H3. The lowest BCUT2D eigenvalue weighted by Gasteiger charge is -2.25. The van der Waals surface area contributed by atoms with Crippen LogP contribution in [-0.2, 0) is 0 Å². The molecule has 3 aromatic rings. The van der Waals surface area contributed by atoms with Gasteiger partial charge in [0.15, 0.2) is 0 Å². The minimum absolute atomic E-state index is 0.0962. The summed E-state index contributed by atoms with van der Waals surface area (Å²) in [5.41, 5.74) is 4.34. The van der Waals surface area contributed by atoms with Gasteiger partial charge in [-0.3, -0.25) is 5.01 Å². The van der Waals surface area contributed by atoms with Gasteiger partial charge < -0.3 is 9.47 Å². The maximum atomic E-state index is 5.33. The van der Waals surface area contributed by atoms with Gasteiger partial charge in [0.1, 0.15) is 11.5 Å². The van der Waals surface area contributed by atoms with Crippen molar-refractivity contribution in [1.82, 2.24) is 0 Å². The topological polar surface area (TPSA) is 34.1 Å². The summed E-state index contributed by atoms with van der Waals surface area (Å²) in [6, 6.07) is 22.4. The fourth-order valence-electron chi connectivity index (χ4n) is 3.52. The molecular weight excluding hydrogens is 520 g/mol. The van der Waals surface area contributed by atoms with Crippen LogP contribution >= 0.6 is 31.9 Å². The van der Waals surface area contributed by atoms with Crippen LogP contribution in [0.1, 0.15) is 23.6 Å². The first-order valence-corrected chi connectivity index (χ1v) is 11.4. The summed E-state index contributed by atoms with van der Waals surface area (Å²) in [6.45, 7) is 0. The number of hydrogen-bond donors (Lipinski definition) is 0. The van der Waals surface area contributed by atoms with Crippen molar-refractivity contribution in [2.24, 2.45) is 5.10 Å². The number of benzene rings is 3. The van der Waals surface area contributed by atoms with Crippen LogP contribution in [-0.4, -0.2) is 19.9 Å². The van der Waals surface area contributed by atoms with Crippen LogP contribution in [0.4, 0.5) is 5.69 Å². The lowest BCUT2D eigenvalue weighted by molar-refractivity contribution is 0.414. The van der Waals surface area contributed by atoms with Crippen LogP contribution in [0.2, 0.25) is 0 Å². The number of halogens is 2. The maximum absolute atomic E-state index is 5.33. The molecule has 1 atom stereocenters. The number of allylic oxidation sites excluding steroid dienone is 1. The summed E-state index contributed by atoms with van der Waals surface area (Å²) in [7, 11) is 3.35. The second-order valence-corrected chi connectivity index (χ2v) is 8.90. The van der Waals surface area contributed by atoms with Gasteiger partial charge in [-0.15, -0.1) is 0 Å². The zero-order valence-electron chi connectivity index (χ0n) is 17.3. The SMILES string of the molecule is COc1ccc(C=CC2=NN(c3ccc(Br)cc3Br)C(c3ccc(OC)cc3)C2)cc1. The summed E-state index contributed by atoms with van der Waals surface area (Å²) in [5, 5.41) is 7.05. The molecule has 0 amide bonds. The fourth-order valence-corrected chi connectivity index (χ4v) is 4.74. The van der Waals surface area contributed by atoms with E-state index in [9.17, 15) is 0 Å². The van der Waals surface area contributed by atoms with Gasteiger partial charge in [0.05, 0.1) is 31.7 Å². The molecule has 0 aliphatic carbocycles. The quantitative estimate of drug-likeness (QED) is 0.329. The Morgan fingerprint density at radius 2 is 1.52 bits per heavy atom. The Morgan fingerprint density at radius 3 is 2.13 bits per heavy atom. The molecule has 0 spiro atoms. The van der Waals surface area contributed by atoms with Crippen molar-refractivity contribution in [3.63, 3.8) is 0 Å². The first-order chi connectivity index (χ1) is 15.1. The number of methoxy groups -OCH3 is 2. The van der Waals surface area contributed by atoms with Gasteiger partial charge in [0.25, 0.3) is 0 Å². The van der Waals surface area contributed by atoms with Crippen LogP contribution in [0.3, 0.4) is 0 Å². The summed E-state index contributed by atoms with van der Waals surface area (Å²) in [6.07, 6.45) is 4.98. The van der Waals surface area contributed by atoms with Crippen molar-refractivity contribution in [3.05, 3.63) is 92.9 Å². The smallest absolute Gasteiger partial charge is 0.118 e. The average Bonchev–Trinajstić information content (AvgIpc) is 3.22. The molecule has 0 saturated heterocycles. The molecule has 1 aliphatic heterocycles. The summed E-state index contributed by atoms with van der Waals surface area (Å²) >= 11 is 7.23. The van der Waals surface area contributed by atoms with Crippen LogP contribution in [0, 0.1) is 0 Å². The van der Waals surface area contributed by atoms with Crippen molar-refractivity contribution < 1.29 is 9.47 Å². The zero-order valence-corrected chi connectivity index (χ0v) is 20.4. The molecule has 4 nitrogen and oxygen atoms in total. The van der Waals surface area contributed by atoms with Crippen molar-refractivity contribution in [2.45, 2.75) is 12.5 Å². The predicted octanol–water partition coefficient (Wildman–Crippen LogP) is 7.25. The second kappa shape index (κ2) is 9.71. The highest BCUT2D eigenvalue weighted by atomic mass is 79.9. The van der Waals surface area contributed by atoms with Gasteiger partial charge in [0, 0.05) is 15.4 Å². The summed E-state index contributed by atoms with van der Waals surface area (Å²) < 4.78 is 12.6. The molecular formula is C25H22Br2N2O2. The van der Waals surface area contributed by atoms with E-state index in [0.29, 0.717) is 0 Å². The van der Waals surface area contributed by atoms with E-state index < -0.39 is 0 Å². The second-order valence-electron chi connectivity index (χ2n) is 7.13. The molecule has 31 heavy (non-hydrogen) atoms. The van der Waals surface area contributed by atoms with E-state index in [2.05, 4.69) is 67.2 Å². The number of hydrazone groups is 1. The van der Waals surface area contributed by atoms with Gasteiger partial charge in [-0.25, -0.2) is 0 Å². The molecule has 1 aliphatic rings. The Hall–Kier alpha value is -2.57. The van der Waals surface area contributed by atoms with Gasteiger partial charge in [-0.05, 0) is 75.6 Å². The molecule has 0 N–H and O–H groups in total. The molecule has 3 aromatic carbocycles. The summed E-state index contributed by atoms with van der Waals surface area (Å²) in [4.78, 5) is 0. The molecule has 0 bridgehead atoms. The van der Waals surface area contributed by atoms with Crippen LogP contribution in [0.25, 0.3) is 6.08 Å². The largest absolute Gasteiger partial charge is 0.497 e. The average molecular weight is 542 g/mol. The number of anilines is 1. The van der Waals surface area contributed by atoms with E-state index in [0.717, 1.165) is 43.8 Å². The third kappa shape index (κ3) is 5.02. The third-order valence-corrected chi connectivity index (χ3v) is 6.30. The first kappa shape index (κ1) is 21.7. The van der Waals surface area contributed by atoms with E-state index in [1.807, 2.05) is 48.5 Å². The summed E-state index contributed by atoms with van der Waals surface area (Å²) in [5.74, 6) is 1.69. The van der Waals surface area contributed by atoms with Crippen LogP contribution in [0.15, 0.2) is 86.9 Å². The van der Waals surface area contributed by atoms with Gasteiger partial charge >= 0.3 is 0 Å². The van der Waals surface area contributed by atoms with Crippen LogP contribution in [0.5, 0.6) is 11.5 Å². The highest BCUT2D eigenvalue weighted by Crippen LogP contribution is 2.40. The predicted molar refractivity (Wildman–Crippen MR) is 134 cm³/mol.